The summed E-state index contributed by atoms with van der Waals surface area (Å²) in [7, 11) is -2.27. The second kappa shape index (κ2) is 17.1. The molecule has 1 unspecified atom stereocenters. The lowest BCUT2D eigenvalue weighted by molar-refractivity contribution is 0.217. The third-order valence-electron chi connectivity index (χ3n) is 11.3. The lowest BCUT2D eigenvalue weighted by atomic mass is 9.94. The van der Waals surface area contributed by atoms with E-state index >= 15 is 8.78 Å². The summed E-state index contributed by atoms with van der Waals surface area (Å²) in [6.45, 7) is 16.0. The summed E-state index contributed by atoms with van der Waals surface area (Å²) < 4.78 is 53.0. The molecule has 0 amide bonds. The highest BCUT2D eigenvalue weighted by Gasteiger charge is 2.42. The summed E-state index contributed by atoms with van der Waals surface area (Å²) >= 11 is 0. The van der Waals surface area contributed by atoms with Crippen LogP contribution in [-0.2, 0) is 0 Å². The van der Waals surface area contributed by atoms with Gasteiger partial charge in [0.1, 0.15) is 30.9 Å². The maximum Gasteiger partial charge on any atom is 0.319 e. The number of halogens is 3. The highest BCUT2D eigenvalue weighted by atomic mass is 28.3. The zero-order chi connectivity index (χ0) is 38.6. The number of nitrogens with one attached hydrogen (secondary N) is 2. The van der Waals surface area contributed by atoms with E-state index in [4.69, 9.17) is 9.72 Å². The Labute approximate surface area is 318 Å². The molecule has 0 bridgehead atoms. The molecule has 1 atom stereocenters. The van der Waals surface area contributed by atoms with Crippen molar-refractivity contribution < 1.29 is 23.0 Å². The van der Waals surface area contributed by atoms with Gasteiger partial charge in [-0.05, 0) is 90.3 Å². The normalized spacial score (nSPS) is 18.3. The van der Waals surface area contributed by atoms with Gasteiger partial charge in [0.05, 0.1) is 23.9 Å². The Kier molecular flexibility index (Phi) is 12.5. The van der Waals surface area contributed by atoms with E-state index in [1.165, 1.54) is 24.4 Å². The first-order valence-electron chi connectivity index (χ1n) is 19.4. The summed E-state index contributed by atoms with van der Waals surface area (Å²) in [6, 6.07) is 5.87. The van der Waals surface area contributed by atoms with Crippen molar-refractivity contribution >= 4 is 35.6 Å². The number of ether oxygens (including phenoxy) is 1. The smallest absolute Gasteiger partial charge is 0.319 e. The molecular weight excluding hydrogens is 706 g/mol. The maximum absolute atomic E-state index is 17.2. The number of fused-ring (bicyclic) bond motifs is 2. The third-order valence-corrected chi connectivity index (χ3v) is 17.6. The molecule has 12 heteroatoms. The van der Waals surface area contributed by atoms with Gasteiger partial charge in [-0.2, -0.15) is 9.97 Å². The van der Waals surface area contributed by atoms with E-state index in [1.54, 1.807) is 6.07 Å². The molecule has 2 saturated heterocycles. The Hall–Kier alpha value is -4.18. The van der Waals surface area contributed by atoms with Crippen LogP contribution in [0.25, 0.3) is 32.9 Å². The van der Waals surface area contributed by atoms with Gasteiger partial charge in [-0.15, -0.1) is 5.54 Å². The molecule has 2 fully saturated rings. The number of hydrazine groups is 1. The monoisotopic (exact) mass is 758 g/mol. The van der Waals surface area contributed by atoms with Gasteiger partial charge in [0, 0.05) is 36.8 Å². The minimum atomic E-state index is -2.27. The van der Waals surface area contributed by atoms with E-state index in [1.807, 2.05) is 5.01 Å². The van der Waals surface area contributed by atoms with Gasteiger partial charge in [0.15, 0.2) is 11.6 Å². The van der Waals surface area contributed by atoms with E-state index < -0.39 is 19.7 Å². The largest absolute Gasteiger partial charge is 0.508 e. The van der Waals surface area contributed by atoms with Crippen LogP contribution >= 0.6 is 0 Å². The molecular formula is C42H53F3N6O2Si. The summed E-state index contributed by atoms with van der Waals surface area (Å²) in [4.78, 5) is 14.0. The summed E-state index contributed by atoms with van der Waals surface area (Å²) in [5.74, 6) is 2.36. The standard InChI is InChI=1S/C42H53F3N6O2Si/c1-26(2)54(27(3)4,28(5)6)18-14-33-36(44)13-12-31-20-32(52)21-34(37(31)33)39-38(45)40-35(24-47-39)41(51-17-9-7-8-16-48-51)50-42(49-40)53-25-29-11-10-15-46-23-30(19-29)22-43/h12-13,20-22,24,26-29,46,48,52H,7-11,15-17,19,23,25H2,1-6H3/b30-22+. The van der Waals surface area contributed by atoms with E-state index in [0.717, 1.165) is 45.2 Å². The van der Waals surface area contributed by atoms with Gasteiger partial charge >= 0.3 is 6.01 Å². The molecule has 4 aromatic rings. The fourth-order valence-corrected chi connectivity index (χ4v) is 13.8. The number of phenols is 1. The topological polar surface area (TPSA) is 95.4 Å². The second-order valence-corrected chi connectivity index (χ2v) is 21.3. The molecule has 6 rings (SSSR count). The van der Waals surface area contributed by atoms with Crippen LogP contribution in [0.5, 0.6) is 11.8 Å². The first-order chi connectivity index (χ1) is 25.9. The predicted octanol–water partition coefficient (Wildman–Crippen LogP) is 9.52. The number of anilines is 1. The molecule has 3 N–H and O–H groups in total. The van der Waals surface area contributed by atoms with Crippen molar-refractivity contribution in [2.24, 2.45) is 5.92 Å². The fourth-order valence-electron chi connectivity index (χ4n) is 8.59. The Morgan fingerprint density at radius 1 is 1.02 bits per heavy atom. The van der Waals surface area contributed by atoms with Crippen LogP contribution in [-0.4, -0.2) is 60.9 Å². The number of pyridine rings is 1. The van der Waals surface area contributed by atoms with Crippen molar-refractivity contribution in [1.29, 1.82) is 0 Å². The molecule has 2 aromatic carbocycles. The molecule has 8 nitrogen and oxygen atoms in total. The third kappa shape index (κ3) is 8.09. The van der Waals surface area contributed by atoms with Crippen LogP contribution in [0.4, 0.5) is 19.0 Å². The zero-order valence-corrected chi connectivity index (χ0v) is 33.3. The SMILES string of the molecule is CC(C)[Si](C#Cc1c(F)ccc2cc(O)cc(-c3ncc4c(N5CCCCCN5)nc(OCC5CCCNC/C(=C/F)C5)nc4c3F)c12)(C(C)C)C(C)C. The van der Waals surface area contributed by atoms with Crippen LogP contribution in [0.1, 0.15) is 85.6 Å². The van der Waals surface area contributed by atoms with E-state index in [-0.39, 0.29) is 46.6 Å². The van der Waals surface area contributed by atoms with E-state index in [9.17, 15) is 9.50 Å². The van der Waals surface area contributed by atoms with Gasteiger partial charge in [0.2, 0.25) is 0 Å². The fraction of sp³-hybridized carbons (Fsp3) is 0.500. The molecule has 2 aliphatic heterocycles. The molecule has 4 heterocycles. The first-order valence-corrected chi connectivity index (χ1v) is 21.6. The Balaban J connectivity index is 1.52. The van der Waals surface area contributed by atoms with Crippen molar-refractivity contribution in [3.63, 3.8) is 0 Å². The number of benzene rings is 2. The van der Waals surface area contributed by atoms with Crippen molar-refractivity contribution in [2.75, 3.05) is 37.8 Å². The highest BCUT2D eigenvalue weighted by molar-refractivity contribution is 6.90. The second-order valence-electron chi connectivity index (χ2n) is 15.8. The molecule has 0 saturated carbocycles. The van der Waals surface area contributed by atoms with Crippen molar-refractivity contribution in [1.82, 2.24) is 25.7 Å². The molecule has 0 radical (unpaired) electrons. The van der Waals surface area contributed by atoms with Gasteiger partial charge < -0.3 is 15.2 Å². The summed E-state index contributed by atoms with van der Waals surface area (Å²) in [5, 5.41) is 17.3. The number of phenolic OH excluding ortho intramolecular Hbond substituents is 1. The number of rotatable bonds is 8. The number of aromatic nitrogens is 3. The van der Waals surface area contributed by atoms with Crippen LogP contribution in [0, 0.1) is 29.0 Å². The Morgan fingerprint density at radius 2 is 1.80 bits per heavy atom. The number of hydrogen-bond acceptors (Lipinski definition) is 8. The van der Waals surface area contributed by atoms with E-state index in [0.29, 0.717) is 70.0 Å². The Morgan fingerprint density at radius 3 is 2.54 bits per heavy atom. The summed E-state index contributed by atoms with van der Waals surface area (Å²) in [5.41, 5.74) is 8.92. The molecule has 2 aliphatic rings. The van der Waals surface area contributed by atoms with Crippen LogP contribution in [0.3, 0.4) is 0 Å². The Bertz CT molecular complexity index is 2050. The van der Waals surface area contributed by atoms with Crippen LogP contribution in [0.15, 0.2) is 42.4 Å². The first kappa shape index (κ1) is 39.5. The minimum Gasteiger partial charge on any atom is -0.508 e. The molecule has 2 aromatic heterocycles. The lowest BCUT2D eigenvalue weighted by Gasteiger charge is -2.38. The van der Waals surface area contributed by atoms with Gasteiger partial charge in [-0.3, -0.25) is 9.99 Å². The predicted molar refractivity (Wildman–Crippen MR) is 214 cm³/mol. The minimum absolute atomic E-state index is 0.00119. The molecule has 288 valence electrons. The van der Waals surface area contributed by atoms with Crippen molar-refractivity contribution in [3.8, 4) is 34.5 Å². The number of nitrogens with zero attached hydrogens (tertiary/aromatic N) is 4. The zero-order valence-electron chi connectivity index (χ0n) is 32.3. The molecule has 0 aliphatic carbocycles. The van der Waals surface area contributed by atoms with Crippen molar-refractivity contribution in [3.05, 3.63) is 59.6 Å². The quantitative estimate of drug-likeness (QED) is 0.121. The van der Waals surface area contributed by atoms with Gasteiger partial charge in [0.25, 0.3) is 0 Å². The average molecular weight is 759 g/mol. The average Bonchev–Trinajstić information content (AvgIpc) is 3.41. The van der Waals surface area contributed by atoms with Gasteiger partial charge in [-0.1, -0.05) is 60.0 Å². The van der Waals surface area contributed by atoms with Crippen LogP contribution < -0.4 is 20.5 Å². The lowest BCUT2D eigenvalue weighted by Crippen LogP contribution is -2.43. The highest BCUT2D eigenvalue weighted by Crippen LogP contribution is 2.42. The number of hydrogen-bond donors (Lipinski definition) is 3. The van der Waals surface area contributed by atoms with E-state index in [2.05, 4.69) is 73.7 Å². The van der Waals surface area contributed by atoms with Crippen molar-refractivity contribution in [2.45, 2.75) is 96.7 Å². The number of aromatic hydroxyl groups is 1. The molecule has 54 heavy (non-hydrogen) atoms. The summed E-state index contributed by atoms with van der Waals surface area (Å²) in [6.07, 6.45) is 7.40. The maximum atomic E-state index is 17.2. The van der Waals surface area contributed by atoms with Gasteiger partial charge in [-0.25, -0.2) is 18.6 Å². The van der Waals surface area contributed by atoms with Crippen LogP contribution in [0.2, 0.25) is 16.6 Å². The molecule has 0 spiro atoms.